The van der Waals surface area contributed by atoms with Crippen molar-refractivity contribution in [1.29, 1.82) is 0 Å². The number of hydrogen-bond acceptors (Lipinski definition) is 5. The Morgan fingerprint density at radius 3 is 2.62 bits per heavy atom. The number of ether oxygens (including phenoxy) is 1. The monoisotopic (exact) mass is 187 g/mol. The minimum Gasteiger partial charge on any atom is -0.481 e. The van der Waals surface area contributed by atoms with Crippen molar-refractivity contribution in [2.75, 3.05) is 6.54 Å². The smallest absolute Gasteiger partial charge is 0.307 e. The zero-order chi connectivity index (χ0) is 10.3. The molecule has 6 heteroatoms. The summed E-state index contributed by atoms with van der Waals surface area (Å²) in [5.74, 6) is -1.72. The lowest BCUT2D eigenvalue weighted by atomic mass is 10.2. The van der Waals surface area contributed by atoms with E-state index in [1.54, 1.807) is 0 Å². The zero-order valence-electron chi connectivity index (χ0n) is 7.02. The standard InChI is InChI=1S/C7H9NO5/c1-5(10)13-6(2-7(11)12)3-8-4-9/h6H,2-3H2,1H3,(H,11,12)/t6-/m1/s1. The van der Waals surface area contributed by atoms with Gasteiger partial charge in [0.05, 0.1) is 13.0 Å². The number of carbonyl (C=O) groups is 2. The number of rotatable bonds is 5. The van der Waals surface area contributed by atoms with Gasteiger partial charge in [-0.1, -0.05) is 0 Å². The summed E-state index contributed by atoms with van der Waals surface area (Å²) < 4.78 is 4.57. The van der Waals surface area contributed by atoms with Crippen LogP contribution in [0, 0.1) is 0 Å². The van der Waals surface area contributed by atoms with Gasteiger partial charge in [-0.15, -0.1) is 0 Å². The fraction of sp³-hybridized carbons (Fsp3) is 0.571. The topological polar surface area (TPSA) is 93.0 Å². The lowest BCUT2D eigenvalue weighted by molar-refractivity contribution is -0.150. The largest absolute Gasteiger partial charge is 0.481 e. The molecule has 0 aliphatic carbocycles. The van der Waals surface area contributed by atoms with Crippen LogP contribution in [0.1, 0.15) is 13.3 Å². The summed E-state index contributed by atoms with van der Waals surface area (Å²) >= 11 is 0. The number of aliphatic imine (C=N–C) groups is 1. The van der Waals surface area contributed by atoms with Crippen LogP contribution in [0.5, 0.6) is 0 Å². The van der Waals surface area contributed by atoms with Gasteiger partial charge in [-0.05, 0) is 0 Å². The molecule has 0 radical (unpaired) electrons. The quantitative estimate of drug-likeness (QED) is 0.363. The molecule has 1 N–H and O–H groups in total. The minimum atomic E-state index is -1.12. The first-order valence-corrected chi connectivity index (χ1v) is 3.49. The van der Waals surface area contributed by atoms with E-state index in [4.69, 9.17) is 5.11 Å². The molecule has 1 atom stereocenters. The minimum absolute atomic E-state index is 0.171. The number of carboxylic acid groups (broad SMARTS) is 1. The molecule has 6 nitrogen and oxygen atoms in total. The second-order valence-corrected chi connectivity index (χ2v) is 2.26. The number of hydrogen-bond donors (Lipinski definition) is 1. The van der Waals surface area contributed by atoms with Gasteiger partial charge in [0.2, 0.25) is 6.08 Å². The number of esters is 1. The van der Waals surface area contributed by atoms with Crippen molar-refractivity contribution in [2.45, 2.75) is 19.4 Å². The van der Waals surface area contributed by atoms with Crippen LogP contribution in [0.25, 0.3) is 0 Å². The van der Waals surface area contributed by atoms with E-state index < -0.39 is 18.0 Å². The van der Waals surface area contributed by atoms with Crippen molar-refractivity contribution in [1.82, 2.24) is 0 Å². The van der Waals surface area contributed by atoms with Crippen molar-refractivity contribution in [3.63, 3.8) is 0 Å². The summed E-state index contributed by atoms with van der Waals surface area (Å²) in [7, 11) is 0. The van der Waals surface area contributed by atoms with Crippen molar-refractivity contribution in [3.8, 4) is 0 Å². The first-order valence-electron chi connectivity index (χ1n) is 3.49. The van der Waals surface area contributed by atoms with Gasteiger partial charge in [0.15, 0.2) is 0 Å². The number of carbonyl (C=O) groups excluding carboxylic acids is 2. The van der Waals surface area contributed by atoms with Gasteiger partial charge >= 0.3 is 11.9 Å². The molecule has 0 aliphatic heterocycles. The molecule has 13 heavy (non-hydrogen) atoms. The van der Waals surface area contributed by atoms with E-state index in [2.05, 4.69) is 9.73 Å². The van der Waals surface area contributed by atoms with E-state index in [-0.39, 0.29) is 13.0 Å². The Kier molecular flexibility index (Phi) is 5.14. The molecule has 0 bridgehead atoms. The fourth-order valence-electron chi connectivity index (χ4n) is 0.712. The van der Waals surface area contributed by atoms with Crippen LogP contribution in [-0.4, -0.2) is 35.8 Å². The predicted molar refractivity (Wildman–Crippen MR) is 40.8 cm³/mol. The summed E-state index contributed by atoms with van der Waals surface area (Å²) in [5, 5.41) is 8.36. The molecular formula is C7H9NO5. The molecule has 0 heterocycles. The van der Waals surface area contributed by atoms with Gasteiger partial charge < -0.3 is 9.84 Å². The molecule has 0 unspecified atom stereocenters. The van der Waals surface area contributed by atoms with Crippen LogP contribution in [0.2, 0.25) is 0 Å². The maximum Gasteiger partial charge on any atom is 0.307 e. The van der Waals surface area contributed by atoms with E-state index in [0.29, 0.717) is 0 Å². The SMILES string of the molecule is CC(=O)O[C@@H](CN=C=O)CC(=O)O. The Balaban J connectivity index is 4.09. The third-order valence-corrected chi connectivity index (χ3v) is 1.09. The van der Waals surface area contributed by atoms with Crippen molar-refractivity contribution < 1.29 is 24.2 Å². The van der Waals surface area contributed by atoms with E-state index >= 15 is 0 Å². The second-order valence-electron chi connectivity index (χ2n) is 2.26. The highest BCUT2D eigenvalue weighted by molar-refractivity contribution is 5.69. The molecule has 0 saturated heterocycles. The first-order chi connectivity index (χ1) is 6.06. The van der Waals surface area contributed by atoms with Crippen LogP contribution in [0.3, 0.4) is 0 Å². The second kappa shape index (κ2) is 5.91. The summed E-state index contributed by atoms with van der Waals surface area (Å²) in [4.78, 5) is 33.5. The molecule has 0 aliphatic rings. The normalized spacial score (nSPS) is 11.2. The molecular weight excluding hydrogens is 178 g/mol. The van der Waals surface area contributed by atoms with Gasteiger partial charge in [-0.2, -0.15) is 0 Å². The van der Waals surface area contributed by atoms with Gasteiger partial charge in [-0.3, -0.25) is 9.59 Å². The summed E-state index contributed by atoms with van der Waals surface area (Å²) in [5.41, 5.74) is 0. The lowest BCUT2D eigenvalue weighted by Gasteiger charge is -2.10. The third-order valence-electron chi connectivity index (χ3n) is 1.09. The van der Waals surface area contributed by atoms with Crippen molar-refractivity contribution in [3.05, 3.63) is 0 Å². The molecule has 0 aromatic carbocycles. The fourth-order valence-corrected chi connectivity index (χ4v) is 0.712. The molecule has 0 spiro atoms. The molecule has 0 aromatic heterocycles. The van der Waals surface area contributed by atoms with Crippen molar-refractivity contribution >= 4 is 18.0 Å². The maximum absolute atomic E-state index is 10.4. The average Bonchev–Trinajstić information content (AvgIpc) is 1.98. The first kappa shape index (κ1) is 11.3. The molecule has 0 fully saturated rings. The Labute approximate surface area is 74.2 Å². The lowest BCUT2D eigenvalue weighted by Crippen LogP contribution is -2.23. The highest BCUT2D eigenvalue weighted by Crippen LogP contribution is 1.99. The van der Waals surface area contributed by atoms with E-state index in [9.17, 15) is 14.4 Å². The van der Waals surface area contributed by atoms with Crippen LogP contribution >= 0.6 is 0 Å². The highest BCUT2D eigenvalue weighted by Gasteiger charge is 2.15. The number of aliphatic carboxylic acids is 1. The average molecular weight is 187 g/mol. The summed E-state index contributed by atoms with van der Waals surface area (Å²) in [6.45, 7) is 0.981. The van der Waals surface area contributed by atoms with Crippen LogP contribution in [0.4, 0.5) is 0 Å². The van der Waals surface area contributed by atoms with E-state index in [0.717, 1.165) is 6.92 Å². The molecule has 0 saturated carbocycles. The number of nitrogens with zero attached hydrogens (tertiary/aromatic N) is 1. The number of isocyanates is 1. The molecule has 0 rings (SSSR count). The summed E-state index contributed by atoms with van der Waals surface area (Å²) in [6, 6.07) is 0. The zero-order valence-corrected chi connectivity index (χ0v) is 7.02. The maximum atomic E-state index is 10.4. The number of carboxylic acids is 1. The molecule has 0 amide bonds. The summed E-state index contributed by atoms with van der Waals surface area (Å²) in [6.07, 6.45) is -0.0270. The predicted octanol–water partition coefficient (Wildman–Crippen LogP) is -0.271. The van der Waals surface area contributed by atoms with Gasteiger partial charge in [0, 0.05) is 6.92 Å². The van der Waals surface area contributed by atoms with E-state index in [1.807, 2.05) is 0 Å². The Bertz CT molecular complexity index is 222. The molecule has 72 valence electrons. The van der Waals surface area contributed by atoms with E-state index in [1.165, 1.54) is 6.08 Å². The van der Waals surface area contributed by atoms with Crippen LogP contribution in [0.15, 0.2) is 4.99 Å². The van der Waals surface area contributed by atoms with Crippen molar-refractivity contribution in [2.24, 2.45) is 4.99 Å². The molecule has 0 aromatic rings. The van der Waals surface area contributed by atoms with Gasteiger partial charge in [-0.25, -0.2) is 9.79 Å². The Morgan fingerprint density at radius 2 is 2.23 bits per heavy atom. The van der Waals surface area contributed by atoms with Crippen LogP contribution < -0.4 is 0 Å². The Hall–Kier alpha value is -1.68. The Morgan fingerprint density at radius 1 is 1.62 bits per heavy atom. The van der Waals surface area contributed by atoms with Crippen LogP contribution in [-0.2, 0) is 19.1 Å². The van der Waals surface area contributed by atoms with Gasteiger partial charge in [0.25, 0.3) is 0 Å². The third kappa shape index (κ3) is 6.71. The van der Waals surface area contributed by atoms with Gasteiger partial charge in [0.1, 0.15) is 6.10 Å². The highest BCUT2D eigenvalue weighted by atomic mass is 16.5.